The Kier molecular flexibility index (Phi) is 13.1. The molecule has 0 N–H and O–H groups in total. The van der Waals surface area contributed by atoms with Crippen molar-refractivity contribution in [1.29, 1.82) is 36.8 Å². The lowest BCUT2D eigenvalue weighted by molar-refractivity contribution is 1.13. The third kappa shape index (κ3) is 8.39. The Labute approximate surface area is 501 Å². The van der Waals surface area contributed by atoms with Gasteiger partial charge in [-0.15, -0.1) is 0 Å². The van der Waals surface area contributed by atoms with Gasteiger partial charge in [0.1, 0.15) is 0 Å². The highest BCUT2D eigenvalue weighted by atomic mass is 15.0. The Morgan fingerprint density at radius 2 is 0.693 bits per heavy atom. The van der Waals surface area contributed by atoms with Crippen molar-refractivity contribution in [3.8, 4) is 110 Å². The van der Waals surface area contributed by atoms with Crippen molar-refractivity contribution in [2.24, 2.45) is 0 Å². The first-order valence-corrected chi connectivity index (χ1v) is 26.1. The zero-order chi connectivity index (χ0) is 61.5. The molecule has 88 heavy (non-hydrogen) atoms. The van der Waals surface area contributed by atoms with Crippen molar-refractivity contribution in [2.45, 2.75) is 0 Å². The van der Waals surface area contributed by atoms with E-state index in [0.717, 1.165) is 0 Å². The smallest absolute Gasteiger partial charge is 0.197 e. The molecule has 3 heterocycles. The number of hydrogen-bond donors (Lipinski definition) is 0. The highest BCUT2D eigenvalue weighted by molar-refractivity contribution is 6.15. The molecule has 0 amide bonds. The van der Waals surface area contributed by atoms with Crippen LogP contribution >= 0.6 is 0 Å². The van der Waals surface area contributed by atoms with Crippen molar-refractivity contribution >= 4 is 77.7 Å². The van der Waals surface area contributed by atoms with Gasteiger partial charge >= 0.3 is 0 Å². The summed E-state index contributed by atoms with van der Waals surface area (Å²) >= 11 is 0. The van der Waals surface area contributed by atoms with Crippen LogP contribution in [0.4, 0.5) is 34.1 Å². The standard InChI is InChI=1S/C72H26N16/c1-80-51-25-48(37-77)67(49(26-51)38-78)42-12-16-61-53(28-42)54-30-44(69-50(39-79)27-52(81-2)32-60(69)85-6)13-17-62(54)87(61)65-10-7-9-46(35-75)71(65)72-66(11-8-20-86-72)88-63-18-14-43(68-47(36-76)21-40(33-73)22-57(68)82-3)29-55(63)56-31-45(15-19-64(56)88)70-58(83-4)23-41(34-74)24-59(70)84-5/h7-32H. The van der Waals surface area contributed by atoms with Crippen LogP contribution < -0.4 is 0 Å². The highest BCUT2D eigenvalue weighted by Gasteiger charge is 2.27. The van der Waals surface area contributed by atoms with Crippen LogP contribution in [0.5, 0.6) is 0 Å². The molecule has 0 atom stereocenters. The molecule has 16 heteroatoms. The number of fused-ring (bicyclic) bond motifs is 6. The largest absolute Gasteiger partial charge is 0.309 e. The van der Waals surface area contributed by atoms with Crippen LogP contribution in [0.15, 0.2) is 158 Å². The minimum Gasteiger partial charge on any atom is -0.309 e. The molecular formula is C72H26N16. The van der Waals surface area contributed by atoms with Gasteiger partial charge in [-0.05, 0) is 143 Å². The Morgan fingerprint density at radius 1 is 0.318 bits per heavy atom. The second-order valence-corrected chi connectivity index (χ2v) is 19.7. The van der Waals surface area contributed by atoms with Gasteiger partial charge < -0.3 is 9.13 Å². The lowest BCUT2D eigenvalue weighted by atomic mass is 9.93. The van der Waals surface area contributed by atoms with Crippen LogP contribution in [0.3, 0.4) is 0 Å². The molecule has 12 rings (SSSR count). The van der Waals surface area contributed by atoms with Crippen LogP contribution in [0.1, 0.15) is 38.9 Å². The predicted molar refractivity (Wildman–Crippen MR) is 331 cm³/mol. The average Bonchev–Trinajstić information content (AvgIpc) is 1.74. The van der Waals surface area contributed by atoms with Crippen LogP contribution in [0, 0.1) is 119 Å². The van der Waals surface area contributed by atoms with E-state index in [2.05, 4.69) is 59.4 Å². The quantitative estimate of drug-likeness (QED) is 0.140. The van der Waals surface area contributed by atoms with E-state index in [1.165, 1.54) is 48.5 Å². The number of benzene rings is 9. The van der Waals surface area contributed by atoms with Crippen molar-refractivity contribution in [1.82, 2.24) is 14.1 Å². The number of nitriles is 7. The molecule has 0 bridgehead atoms. The van der Waals surface area contributed by atoms with Gasteiger partial charge in [-0.1, -0.05) is 36.4 Å². The average molecular weight is 1120 g/mol. The van der Waals surface area contributed by atoms with E-state index in [4.69, 9.17) is 44.4 Å². The van der Waals surface area contributed by atoms with Gasteiger partial charge in [0, 0.05) is 66.7 Å². The van der Waals surface area contributed by atoms with E-state index in [1.54, 1.807) is 48.7 Å². The summed E-state index contributed by atoms with van der Waals surface area (Å²) in [5, 5.41) is 75.1. The first-order valence-electron chi connectivity index (χ1n) is 26.1. The molecule has 9 aromatic carbocycles. The zero-order valence-corrected chi connectivity index (χ0v) is 45.2. The first-order chi connectivity index (χ1) is 43.0. The molecule has 12 aromatic rings. The van der Waals surface area contributed by atoms with Crippen LogP contribution in [-0.4, -0.2) is 14.1 Å². The van der Waals surface area contributed by atoms with Gasteiger partial charge in [0.15, 0.2) is 34.1 Å². The molecule has 0 unspecified atom stereocenters. The molecular weight excluding hydrogens is 1090 g/mol. The molecule has 0 spiro atoms. The van der Waals surface area contributed by atoms with Gasteiger partial charge in [0.25, 0.3) is 0 Å². The summed E-state index contributed by atoms with van der Waals surface area (Å²) in [6, 6.07) is 57.2. The van der Waals surface area contributed by atoms with E-state index >= 15 is 0 Å². The Morgan fingerprint density at radius 3 is 1.14 bits per heavy atom. The fraction of sp³-hybridized carbons (Fsp3) is 0. The van der Waals surface area contributed by atoms with Crippen molar-refractivity contribution in [2.75, 3.05) is 0 Å². The summed E-state index contributed by atoms with van der Waals surface area (Å²) in [4.78, 5) is 27.0. The van der Waals surface area contributed by atoms with E-state index in [1.807, 2.05) is 81.9 Å². The molecule has 0 radical (unpaired) electrons. The summed E-state index contributed by atoms with van der Waals surface area (Å²) in [6.45, 7) is 47.9. The van der Waals surface area contributed by atoms with Crippen molar-refractivity contribution < 1.29 is 0 Å². The molecule has 0 aliphatic rings. The Bertz CT molecular complexity index is 5380. The fourth-order valence-electron chi connectivity index (χ4n) is 11.7. The minimum atomic E-state index is 0.0810. The molecule has 0 saturated heterocycles. The van der Waals surface area contributed by atoms with E-state index in [-0.39, 0.29) is 73.1 Å². The summed E-state index contributed by atoms with van der Waals surface area (Å²) in [6.07, 6.45) is 1.61. The normalized spacial score (nSPS) is 10.4. The molecule has 394 valence electrons. The first kappa shape index (κ1) is 53.7. The molecule has 0 fully saturated rings. The number of rotatable bonds is 7. The van der Waals surface area contributed by atoms with Crippen molar-refractivity contribution in [3.63, 3.8) is 0 Å². The Hall–Kier alpha value is -14.9. The second kappa shape index (κ2) is 21.5. The topological polar surface area (TPSA) is 215 Å². The van der Waals surface area contributed by atoms with Gasteiger partial charge in [0.2, 0.25) is 0 Å². The third-order valence-corrected chi connectivity index (χ3v) is 15.3. The predicted octanol–water partition coefficient (Wildman–Crippen LogP) is 18.0. The van der Waals surface area contributed by atoms with E-state index in [9.17, 15) is 36.8 Å². The molecule has 3 aromatic heterocycles. The number of hydrogen-bond acceptors (Lipinski definition) is 8. The summed E-state index contributed by atoms with van der Waals surface area (Å²) in [7, 11) is 0. The van der Waals surface area contributed by atoms with Crippen LogP contribution in [0.25, 0.3) is 140 Å². The van der Waals surface area contributed by atoms with Crippen molar-refractivity contribution in [3.05, 3.63) is 265 Å². The maximum Gasteiger partial charge on any atom is 0.197 e. The summed E-state index contributed by atoms with van der Waals surface area (Å²) in [5.41, 5.74) is 8.70. The van der Waals surface area contributed by atoms with Gasteiger partial charge in [-0.3, -0.25) is 4.98 Å². The number of aromatic nitrogens is 3. The molecule has 0 aliphatic heterocycles. The number of pyridine rings is 1. The SMILES string of the molecule is [C-]#[N+]c1cc(C#N)c(-c2ccc3c(c2)c2cc(-c4c(C#N)cc([N+]#[C-])cc4[N+]#[C-])ccc2n3-c2cccc(C#N)c2-c2ncccc2-n2c3ccc(-c4c(C#N)cc(C#N)cc4[N+]#[C-])cc3c3cc(-c4c([N+]#[C-])cc(C#N)cc4[N+]#[C-])ccc32)c(C#N)c1. The van der Waals surface area contributed by atoms with Crippen LogP contribution in [-0.2, 0) is 0 Å². The van der Waals surface area contributed by atoms with Gasteiger partial charge in [-0.25, -0.2) is 29.1 Å². The third-order valence-electron chi connectivity index (χ3n) is 15.3. The van der Waals surface area contributed by atoms with E-state index < -0.39 is 0 Å². The lowest BCUT2D eigenvalue weighted by Gasteiger charge is -2.19. The second-order valence-electron chi connectivity index (χ2n) is 19.7. The van der Waals surface area contributed by atoms with Gasteiger partial charge in [-0.2, -0.15) is 36.8 Å². The fourth-order valence-corrected chi connectivity index (χ4v) is 11.7. The maximum absolute atomic E-state index is 11.2. The van der Waals surface area contributed by atoms with Gasteiger partial charge in [0.05, 0.1) is 143 Å². The maximum atomic E-state index is 11.2. The molecule has 0 aliphatic carbocycles. The lowest BCUT2D eigenvalue weighted by Crippen LogP contribution is -2.04. The van der Waals surface area contributed by atoms with E-state index in [0.29, 0.717) is 111 Å². The van der Waals surface area contributed by atoms with Crippen LogP contribution in [0.2, 0.25) is 0 Å². The molecule has 16 nitrogen and oxygen atoms in total. The monoisotopic (exact) mass is 1110 g/mol. The highest BCUT2D eigenvalue weighted by Crippen LogP contribution is 2.48. The minimum absolute atomic E-state index is 0.0810. The molecule has 0 saturated carbocycles. The Balaban J connectivity index is 1.17. The summed E-state index contributed by atoms with van der Waals surface area (Å²) in [5.74, 6) is 0. The number of nitrogens with zero attached hydrogens (tertiary/aromatic N) is 16. The summed E-state index contributed by atoms with van der Waals surface area (Å²) < 4.78 is 3.92. The zero-order valence-electron chi connectivity index (χ0n) is 45.2.